The van der Waals surface area contributed by atoms with E-state index in [0.29, 0.717) is 11.3 Å². The summed E-state index contributed by atoms with van der Waals surface area (Å²) in [6.07, 6.45) is -0.737. The van der Waals surface area contributed by atoms with E-state index in [1.54, 1.807) is 18.4 Å². The zero-order valence-electron chi connectivity index (χ0n) is 10.5. The lowest BCUT2D eigenvalue weighted by atomic mass is 10.0. The van der Waals surface area contributed by atoms with Crippen molar-refractivity contribution in [3.05, 3.63) is 58.3 Å². The quantitative estimate of drug-likeness (QED) is 0.905. The summed E-state index contributed by atoms with van der Waals surface area (Å²) in [4.78, 5) is 2.21. The van der Waals surface area contributed by atoms with Crippen molar-refractivity contribution >= 4 is 16.9 Å². The fraction of sp³-hybridized carbons (Fsp3) is 0.200. The molecule has 0 bridgehead atoms. The molecule has 2 aromatic rings. The summed E-state index contributed by atoms with van der Waals surface area (Å²) in [5.74, 6) is 0.680. The normalized spacial score (nSPS) is 12.2. The molecule has 0 fully saturated rings. The highest BCUT2D eigenvalue weighted by molar-refractivity contribution is 7.13. The number of aliphatic hydroxyl groups excluding tert-OH is 1. The smallest absolute Gasteiger partial charge is 0.125 e. The average molecular weight is 260 g/mol. The van der Waals surface area contributed by atoms with E-state index in [1.165, 1.54) is 4.88 Å². The minimum atomic E-state index is -0.737. The summed E-state index contributed by atoms with van der Waals surface area (Å²) in [7, 11) is 1.60. The van der Waals surface area contributed by atoms with Gasteiger partial charge in [-0.3, -0.25) is 0 Å². The Morgan fingerprint density at radius 3 is 2.61 bits per heavy atom. The summed E-state index contributed by atoms with van der Waals surface area (Å²) in [5.41, 5.74) is 1.45. The SMILES string of the molecule is C=C(c1ccc(C)s1)C(O)c1ccccc1OC. The molecule has 1 aromatic carbocycles. The molecule has 0 spiro atoms. The summed E-state index contributed by atoms with van der Waals surface area (Å²) >= 11 is 1.63. The van der Waals surface area contributed by atoms with Gasteiger partial charge in [0, 0.05) is 15.3 Å². The second-order valence-electron chi connectivity index (χ2n) is 4.08. The minimum Gasteiger partial charge on any atom is -0.496 e. The Bertz CT molecular complexity index is 557. The summed E-state index contributed by atoms with van der Waals surface area (Å²) in [6.45, 7) is 6.03. The molecule has 0 amide bonds. The first-order valence-corrected chi connectivity index (χ1v) is 6.51. The van der Waals surface area contributed by atoms with Crippen molar-refractivity contribution in [1.29, 1.82) is 0 Å². The molecule has 0 saturated heterocycles. The number of thiophene rings is 1. The third kappa shape index (κ3) is 2.47. The van der Waals surface area contributed by atoms with Crippen LogP contribution in [0.2, 0.25) is 0 Å². The molecule has 0 radical (unpaired) electrons. The maximum absolute atomic E-state index is 10.4. The van der Waals surface area contributed by atoms with Gasteiger partial charge in [0.05, 0.1) is 7.11 Å². The van der Waals surface area contributed by atoms with Crippen LogP contribution in [-0.4, -0.2) is 12.2 Å². The molecule has 3 heteroatoms. The van der Waals surface area contributed by atoms with Crippen LogP contribution in [-0.2, 0) is 0 Å². The summed E-state index contributed by atoms with van der Waals surface area (Å²) in [5, 5.41) is 10.4. The van der Waals surface area contributed by atoms with E-state index in [1.807, 2.05) is 43.3 Å². The van der Waals surface area contributed by atoms with Crippen molar-refractivity contribution in [3.63, 3.8) is 0 Å². The van der Waals surface area contributed by atoms with Gasteiger partial charge in [-0.05, 0) is 30.7 Å². The Hall–Kier alpha value is -1.58. The van der Waals surface area contributed by atoms with Gasteiger partial charge in [-0.2, -0.15) is 0 Å². The number of rotatable bonds is 4. The number of aliphatic hydroxyl groups is 1. The van der Waals surface area contributed by atoms with Gasteiger partial charge >= 0.3 is 0 Å². The predicted octanol–water partition coefficient (Wildman–Crippen LogP) is 3.81. The molecular formula is C15H16O2S. The zero-order chi connectivity index (χ0) is 13.1. The van der Waals surface area contributed by atoms with E-state index < -0.39 is 6.10 Å². The Morgan fingerprint density at radius 1 is 1.28 bits per heavy atom. The van der Waals surface area contributed by atoms with E-state index in [9.17, 15) is 5.11 Å². The van der Waals surface area contributed by atoms with Gasteiger partial charge in [0.15, 0.2) is 0 Å². The van der Waals surface area contributed by atoms with E-state index in [-0.39, 0.29) is 0 Å². The molecular weight excluding hydrogens is 244 g/mol. The van der Waals surface area contributed by atoms with Gasteiger partial charge < -0.3 is 9.84 Å². The van der Waals surface area contributed by atoms with Gasteiger partial charge in [0.25, 0.3) is 0 Å². The van der Waals surface area contributed by atoms with Crippen LogP contribution in [0.1, 0.15) is 21.4 Å². The second-order valence-corrected chi connectivity index (χ2v) is 5.37. The number of aryl methyl sites for hydroxylation is 1. The largest absolute Gasteiger partial charge is 0.496 e. The summed E-state index contributed by atoms with van der Waals surface area (Å²) < 4.78 is 5.26. The molecule has 1 N–H and O–H groups in total. The van der Waals surface area contributed by atoms with Crippen molar-refractivity contribution in [3.8, 4) is 5.75 Å². The lowest BCUT2D eigenvalue weighted by molar-refractivity contribution is 0.232. The van der Waals surface area contributed by atoms with E-state index in [2.05, 4.69) is 6.58 Å². The van der Waals surface area contributed by atoms with Crippen LogP contribution < -0.4 is 4.74 Å². The monoisotopic (exact) mass is 260 g/mol. The maximum Gasteiger partial charge on any atom is 0.125 e. The highest BCUT2D eigenvalue weighted by Gasteiger charge is 2.18. The predicted molar refractivity (Wildman–Crippen MR) is 76.0 cm³/mol. The van der Waals surface area contributed by atoms with Crippen molar-refractivity contribution in [2.75, 3.05) is 7.11 Å². The second kappa shape index (κ2) is 5.38. The fourth-order valence-corrected chi connectivity index (χ4v) is 2.68. The average Bonchev–Trinajstić information content (AvgIpc) is 2.83. The molecule has 2 nitrogen and oxygen atoms in total. The number of methoxy groups -OCH3 is 1. The third-order valence-corrected chi connectivity index (χ3v) is 3.90. The van der Waals surface area contributed by atoms with Gasteiger partial charge in [0.2, 0.25) is 0 Å². The summed E-state index contributed by atoms with van der Waals surface area (Å²) in [6, 6.07) is 11.5. The van der Waals surface area contributed by atoms with E-state index >= 15 is 0 Å². The molecule has 0 aliphatic heterocycles. The maximum atomic E-state index is 10.4. The van der Waals surface area contributed by atoms with Gasteiger partial charge in [0.1, 0.15) is 11.9 Å². The Morgan fingerprint density at radius 2 is 2.00 bits per heavy atom. The highest BCUT2D eigenvalue weighted by atomic mass is 32.1. The van der Waals surface area contributed by atoms with Crippen LogP contribution in [0, 0.1) is 6.92 Å². The van der Waals surface area contributed by atoms with Crippen LogP contribution in [0.5, 0.6) is 5.75 Å². The molecule has 1 atom stereocenters. The Kier molecular flexibility index (Phi) is 3.84. The van der Waals surface area contributed by atoms with Crippen LogP contribution in [0.25, 0.3) is 5.57 Å². The van der Waals surface area contributed by atoms with Crippen LogP contribution in [0.15, 0.2) is 43.0 Å². The van der Waals surface area contributed by atoms with E-state index in [0.717, 1.165) is 10.4 Å². The minimum absolute atomic E-state index is 0.680. The highest BCUT2D eigenvalue weighted by Crippen LogP contribution is 2.36. The van der Waals surface area contributed by atoms with Crippen LogP contribution >= 0.6 is 11.3 Å². The molecule has 0 saturated carbocycles. The number of ether oxygens (including phenoxy) is 1. The van der Waals surface area contributed by atoms with Crippen molar-refractivity contribution in [2.24, 2.45) is 0 Å². The van der Waals surface area contributed by atoms with Crippen molar-refractivity contribution in [1.82, 2.24) is 0 Å². The topological polar surface area (TPSA) is 29.5 Å². The first-order chi connectivity index (χ1) is 8.63. The molecule has 18 heavy (non-hydrogen) atoms. The number of hydrogen-bond donors (Lipinski definition) is 1. The Labute approximate surface area is 111 Å². The van der Waals surface area contributed by atoms with Crippen LogP contribution in [0.4, 0.5) is 0 Å². The molecule has 0 aliphatic carbocycles. The van der Waals surface area contributed by atoms with E-state index in [4.69, 9.17) is 4.74 Å². The number of hydrogen-bond acceptors (Lipinski definition) is 3. The number of benzene rings is 1. The van der Waals surface area contributed by atoms with Crippen molar-refractivity contribution < 1.29 is 9.84 Å². The fourth-order valence-electron chi connectivity index (χ4n) is 1.82. The van der Waals surface area contributed by atoms with Crippen molar-refractivity contribution in [2.45, 2.75) is 13.0 Å². The first kappa shape index (κ1) is 12.9. The first-order valence-electron chi connectivity index (χ1n) is 5.70. The third-order valence-electron chi connectivity index (χ3n) is 2.82. The standard InChI is InChI=1S/C15H16O2S/c1-10-8-9-14(18-10)11(2)15(16)12-6-4-5-7-13(12)17-3/h4-9,15-16H,2H2,1,3H3. The molecule has 2 rings (SSSR count). The number of para-hydroxylation sites is 1. The Balaban J connectivity index is 2.31. The zero-order valence-corrected chi connectivity index (χ0v) is 11.3. The van der Waals surface area contributed by atoms with Gasteiger partial charge in [-0.15, -0.1) is 11.3 Å². The molecule has 0 aliphatic rings. The molecule has 1 heterocycles. The lowest BCUT2D eigenvalue weighted by Gasteiger charge is -2.16. The molecule has 1 aromatic heterocycles. The molecule has 94 valence electrons. The van der Waals surface area contributed by atoms with Gasteiger partial charge in [-0.1, -0.05) is 24.8 Å². The molecule has 1 unspecified atom stereocenters. The lowest BCUT2D eigenvalue weighted by Crippen LogP contribution is -2.01. The van der Waals surface area contributed by atoms with Gasteiger partial charge in [-0.25, -0.2) is 0 Å². The van der Waals surface area contributed by atoms with Crippen LogP contribution in [0.3, 0.4) is 0 Å².